The highest BCUT2D eigenvalue weighted by molar-refractivity contribution is 7.92. The maximum absolute atomic E-state index is 12.7. The van der Waals surface area contributed by atoms with Crippen LogP contribution in [0.3, 0.4) is 0 Å². The van der Waals surface area contributed by atoms with Gasteiger partial charge in [-0.25, -0.2) is 18.7 Å². The summed E-state index contributed by atoms with van der Waals surface area (Å²) < 4.78 is 23.8. The van der Waals surface area contributed by atoms with Gasteiger partial charge in [0.05, 0.1) is 6.54 Å². The molecule has 0 aromatic carbocycles. The number of hydrogen-bond acceptors (Lipinski definition) is 6. The monoisotopic (exact) mass is 446 g/mol. The lowest BCUT2D eigenvalue weighted by atomic mass is 9.91. The minimum Gasteiger partial charge on any atom is -0.318 e. The van der Waals surface area contributed by atoms with E-state index >= 15 is 0 Å². The van der Waals surface area contributed by atoms with Gasteiger partial charge in [-0.2, -0.15) is 0 Å². The molecule has 0 bridgehead atoms. The van der Waals surface area contributed by atoms with Crippen molar-refractivity contribution in [2.75, 3.05) is 26.4 Å². The van der Waals surface area contributed by atoms with Crippen LogP contribution >= 0.6 is 0 Å². The molecule has 1 saturated heterocycles. The van der Waals surface area contributed by atoms with Gasteiger partial charge in [0.25, 0.3) is 5.91 Å². The fourth-order valence-corrected chi connectivity index (χ4v) is 4.44. The Hall–Kier alpha value is -2.79. The molecule has 31 heavy (non-hydrogen) atoms. The number of nitrogens with zero attached hydrogens (tertiary/aromatic N) is 3. The summed E-state index contributed by atoms with van der Waals surface area (Å²) in [6, 6.07) is 1.91. The van der Waals surface area contributed by atoms with Gasteiger partial charge in [-0.15, -0.1) is 0 Å². The highest BCUT2D eigenvalue weighted by Crippen LogP contribution is 2.25. The van der Waals surface area contributed by atoms with Crippen molar-refractivity contribution >= 4 is 21.8 Å². The first-order valence-electron chi connectivity index (χ1n) is 9.84. The lowest BCUT2D eigenvalue weighted by molar-refractivity contribution is -0.131. The van der Waals surface area contributed by atoms with E-state index in [4.69, 9.17) is 5.21 Å². The molecule has 1 aromatic heterocycles. The molecule has 2 aliphatic rings. The van der Waals surface area contributed by atoms with Gasteiger partial charge in [-0.3, -0.25) is 14.6 Å². The van der Waals surface area contributed by atoms with E-state index in [1.54, 1.807) is 12.3 Å². The van der Waals surface area contributed by atoms with Crippen LogP contribution < -0.4 is 5.48 Å². The summed E-state index contributed by atoms with van der Waals surface area (Å²) in [5, 5.41) is 8.90. The van der Waals surface area contributed by atoms with Crippen LogP contribution in [-0.2, 0) is 21.2 Å². The van der Waals surface area contributed by atoms with Crippen molar-refractivity contribution in [1.82, 2.24) is 19.8 Å². The van der Waals surface area contributed by atoms with E-state index < -0.39 is 20.5 Å². The number of likely N-dealkylation sites (tertiary alicyclic amines) is 1. The molecule has 1 aromatic rings. The molecule has 3 heterocycles. The van der Waals surface area contributed by atoms with Gasteiger partial charge in [-0.05, 0) is 45.2 Å². The molecule has 3 atom stereocenters. The lowest BCUT2D eigenvalue weighted by Gasteiger charge is -2.40. The van der Waals surface area contributed by atoms with Crippen molar-refractivity contribution in [3.63, 3.8) is 0 Å². The maximum Gasteiger partial charge on any atom is 0.328 e. The topological polar surface area (TPSA) is 112 Å². The van der Waals surface area contributed by atoms with Crippen LogP contribution in [0.25, 0.3) is 0 Å². The molecule has 3 rings (SSSR count). The van der Waals surface area contributed by atoms with Crippen LogP contribution in [0.2, 0.25) is 0 Å². The van der Waals surface area contributed by atoms with Crippen LogP contribution in [-0.4, -0.2) is 77.1 Å². The highest BCUT2D eigenvalue weighted by atomic mass is 32.2. The van der Waals surface area contributed by atoms with Gasteiger partial charge < -0.3 is 9.80 Å². The number of hydroxylamine groups is 1. The first-order chi connectivity index (χ1) is 14.5. The number of sulfone groups is 1. The van der Waals surface area contributed by atoms with Gasteiger partial charge in [-0.1, -0.05) is 11.8 Å². The van der Waals surface area contributed by atoms with Gasteiger partial charge in [0.1, 0.15) is 0 Å². The first kappa shape index (κ1) is 22.9. The fourth-order valence-electron chi connectivity index (χ4n) is 3.60. The molecule has 9 nitrogen and oxygen atoms in total. The molecular weight excluding hydrogens is 420 g/mol. The summed E-state index contributed by atoms with van der Waals surface area (Å²) in [4.78, 5) is 28.3. The fraction of sp³-hybridized carbons (Fsp3) is 0.524. The molecule has 0 radical (unpaired) electrons. The summed E-state index contributed by atoms with van der Waals surface area (Å²) in [6.45, 7) is 4.61. The van der Waals surface area contributed by atoms with Crippen molar-refractivity contribution in [3.05, 3.63) is 23.5 Å². The second-order valence-electron chi connectivity index (χ2n) is 8.29. The number of rotatable bonds is 5. The van der Waals surface area contributed by atoms with Gasteiger partial charge >= 0.3 is 6.03 Å². The van der Waals surface area contributed by atoms with E-state index in [0.29, 0.717) is 17.5 Å². The van der Waals surface area contributed by atoms with Gasteiger partial charge in [0, 0.05) is 48.8 Å². The predicted molar refractivity (Wildman–Crippen MR) is 114 cm³/mol. The van der Waals surface area contributed by atoms with Crippen molar-refractivity contribution in [3.8, 4) is 23.7 Å². The zero-order valence-electron chi connectivity index (χ0n) is 18.0. The molecule has 0 spiro atoms. The molecule has 2 aliphatic heterocycles. The largest absolute Gasteiger partial charge is 0.328 e. The second kappa shape index (κ2) is 8.39. The molecular formula is C21H26N4O5S. The minimum absolute atomic E-state index is 0.0397. The van der Waals surface area contributed by atoms with E-state index in [2.05, 4.69) is 42.6 Å². The van der Waals surface area contributed by atoms with E-state index in [9.17, 15) is 18.0 Å². The van der Waals surface area contributed by atoms with Crippen LogP contribution in [0.1, 0.15) is 31.5 Å². The van der Waals surface area contributed by atoms with Crippen molar-refractivity contribution in [2.24, 2.45) is 5.92 Å². The SMILES string of the molecule is C[C@H]1[C@H](C#CC#Cc2cc3n(c2)C(=O)N(CCC(C)(C(=O)NO)S(C)(=O)=O)C3)CN1C. The zero-order chi connectivity index (χ0) is 23.0. The Labute approximate surface area is 182 Å². The smallest absolute Gasteiger partial charge is 0.318 e. The normalized spacial score (nSPS) is 22.4. The summed E-state index contributed by atoms with van der Waals surface area (Å²) >= 11 is 0. The molecule has 1 unspecified atom stereocenters. The molecule has 1 fully saturated rings. The van der Waals surface area contributed by atoms with Crippen molar-refractivity contribution in [2.45, 2.75) is 37.6 Å². The molecule has 2 N–H and O–H groups in total. The molecule has 10 heteroatoms. The third-order valence-corrected chi connectivity index (χ3v) is 8.30. The predicted octanol–water partition coefficient (Wildman–Crippen LogP) is 0.276. The third kappa shape index (κ3) is 4.33. The van der Waals surface area contributed by atoms with Gasteiger partial charge in [0.2, 0.25) is 0 Å². The number of fused-ring (bicyclic) bond motifs is 1. The van der Waals surface area contributed by atoms with Crippen LogP contribution in [0, 0.1) is 29.6 Å². The van der Waals surface area contributed by atoms with E-state index in [0.717, 1.165) is 18.5 Å². The number of aromatic nitrogens is 1. The number of amides is 2. The van der Waals surface area contributed by atoms with Crippen LogP contribution in [0.5, 0.6) is 0 Å². The van der Waals surface area contributed by atoms with Gasteiger partial charge in [0.15, 0.2) is 14.6 Å². The summed E-state index contributed by atoms with van der Waals surface area (Å²) in [6.07, 6.45) is 2.41. The molecule has 0 aliphatic carbocycles. The van der Waals surface area contributed by atoms with Crippen LogP contribution in [0.15, 0.2) is 12.3 Å². The molecule has 2 amide bonds. The lowest BCUT2D eigenvalue weighted by Crippen LogP contribution is -2.51. The first-order valence-corrected chi connectivity index (χ1v) is 11.7. The Kier molecular flexibility index (Phi) is 6.19. The Balaban J connectivity index is 1.63. The minimum atomic E-state index is -3.82. The standard InChI is InChI=1S/C21H26N4O5S/c1-15-17(13-23(15)3)8-6-5-7-16-11-18-14-24(20(27)25(18)12-16)10-9-21(2,19(26)22-28)31(4,29)30/h11-12,15,17,28H,9-10,13-14H2,1-4H3,(H,22,26)/t15-,17+,21?/m0/s1. The quantitative estimate of drug-likeness (QED) is 0.382. The number of carbonyl (C=O) groups is 2. The second-order valence-corrected chi connectivity index (χ2v) is 10.7. The average molecular weight is 447 g/mol. The zero-order valence-corrected chi connectivity index (χ0v) is 18.8. The van der Waals surface area contributed by atoms with Crippen molar-refractivity contribution < 1.29 is 23.2 Å². The summed E-state index contributed by atoms with van der Waals surface area (Å²) in [5.41, 5.74) is 2.81. The van der Waals surface area contributed by atoms with Crippen LogP contribution in [0.4, 0.5) is 4.79 Å². The summed E-state index contributed by atoms with van der Waals surface area (Å²) in [5.74, 6) is 11.1. The van der Waals surface area contributed by atoms with E-state index in [-0.39, 0.29) is 25.5 Å². The highest BCUT2D eigenvalue weighted by Gasteiger charge is 2.44. The van der Waals surface area contributed by atoms with E-state index in [1.807, 2.05) is 0 Å². The molecule has 166 valence electrons. The number of hydrogen-bond donors (Lipinski definition) is 2. The Morgan fingerprint density at radius 3 is 2.65 bits per heavy atom. The summed E-state index contributed by atoms with van der Waals surface area (Å²) in [7, 11) is -1.76. The molecule has 0 saturated carbocycles. The van der Waals surface area contributed by atoms with E-state index in [1.165, 1.54) is 21.9 Å². The third-order valence-electron chi connectivity index (χ3n) is 6.28. The Morgan fingerprint density at radius 2 is 2.10 bits per heavy atom. The van der Waals surface area contributed by atoms with Crippen molar-refractivity contribution in [1.29, 1.82) is 0 Å². The average Bonchev–Trinajstić information content (AvgIpc) is 3.25. The number of nitrogens with one attached hydrogen (secondary N) is 1. The maximum atomic E-state index is 12.7. The number of carbonyl (C=O) groups excluding carboxylic acids is 2. The Bertz CT molecular complexity index is 1130. The Morgan fingerprint density at radius 1 is 1.39 bits per heavy atom.